The first-order valence-corrected chi connectivity index (χ1v) is 11.0. The number of hydrogen-bond acceptors (Lipinski definition) is 7. The lowest BCUT2D eigenvalue weighted by Crippen LogP contribution is -2.52. The molecule has 1 fully saturated rings. The Bertz CT molecular complexity index is 1070. The third kappa shape index (κ3) is 5.18. The highest BCUT2D eigenvalue weighted by atomic mass is 16.6. The highest BCUT2D eigenvalue weighted by Gasteiger charge is 2.29. The van der Waals surface area contributed by atoms with E-state index in [1.165, 1.54) is 23.9 Å². The largest absolute Gasteiger partial charge is 0.480 e. The number of carboxylic acid groups (broad SMARTS) is 1. The molecule has 13 heteroatoms. The number of aromatic nitrogens is 4. The number of amides is 3. The summed E-state index contributed by atoms with van der Waals surface area (Å²) in [6.45, 7) is 8.42. The van der Waals surface area contributed by atoms with Gasteiger partial charge < -0.3 is 25.0 Å². The molecule has 3 amide bonds. The number of nitrogens with zero attached hydrogens (tertiary/aromatic N) is 6. The second kappa shape index (κ2) is 10.4. The second-order valence-electron chi connectivity index (χ2n) is 7.92. The fourth-order valence-electron chi connectivity index (χ4n) is 3.60. The molecule has 2 aromatic heterocycles. The molecule has 3 heterocycles. The molecule has 0 bridgehead atoms. The monoisotopic (exact) mass is 475 g/mol. The summed E-state index contributed by atoms with van der Waals surface area (Å²) < 4.78 is 7.60. The fourth-order valence-corrected chi connectivity index (χ4v) is 3.60. The number of ether oxygens (including phenoxy) is 1. The minimum absolute atomic E-state index is 0.0886. The van der Waals surface area contributed by atoms with Crippen LogP contribution in [0, 0.1) is 6.92 Å². The molecule has 184 valence electrons. The second-order valence-corrected chi connectivity index (χ2v) is 7.92. The molecule has 1 aliphatic heterocycles. The summed E-state index contributed by atoms with van der Waals surface area (Å²) in [6, 6.07) is -0.214. The molecule has 2 unspecified atom stereocenters. The Balaban J connectivity index is 1.65. The maximum Gasteiger partial charge on any atom is 0.409 e. The third-order valence-electron chi connectivity index (χ3n) is 5.66. The maximum absolute atomic E-state index is 13.0. The van der Waals surface area contributed by atoms with Crippen LogP contribution in [-0.4, -0.2) is 91.1 Å². The molecule has 1 aliphatic rings. The van der Waals surface area contributed by atoms with E-state index >= 15 is 0 Å². The summed E-state index contributed by atoms with van der Waals surface area (Å²) in [5, 5.41) is 20.2. The van der Waals surface area contributed by atoms with Crippen molar-refractivity contribution >= 4 is 29.6 Å². The van der Waals surface area contributed by atoms with Crippen molar-refractivity contribution in [2.45, 2.75) is 39.8 Å². The highest BCUT2D eigenvalue weighted by Crippen LogP contribution is 2.20. The van der Waals surface area contributed by atoms with Crippen molar-refractivity contribution in [3.8, 4) is 0 Å². The molecule has 0 spiro atoms. The van der Waals surface area contributed by atoms with E-state index in [0.717, 1.165) is 4.68 Å². The van der Waals surface area contributed by atoms with E-state index in [-0.39, 0.29) is 17.7 Å². The van der Waals surface area contributed by atoms with Crippen molar-refractivity contribution in [3.05, 3.63) is 29.8 Å². The van der Waals surface area contributed by atoms with Crippen LogP contribution in [0.4, 0.5) is 10.5 Å². The van der Waals surface area contributed by atoms with Gasteiger partial charge >= 0.3 is 12.1 Å². The van der Waals surface area contributed by atoms with Gasteiger partial charge in [0.1, 0.15) is 17.8 Å². The Morgan fingerprint density at radius 1 is 1.12 bits per heavy atom. The molecule has 3 rings (SSSR count). The lowest BCUT2D eigenvalue weighted by Gasteiger charge is -2.35. The van der Waals surface area contributed by atoms with Crippen LogP contribution in [0.1, 0.15) is 49.0 Å². The first-order valence-electron chi connectivity index (χ1n) is 11.0. The Labute approximate surface area is 196 Å². The van der Waals surface area contributed by atoms with Crippen LogP contribution in [0.25, 0.3) is 0 Å². The van der Waals surface area contributed by atoms with E-state index in [2.05, 4.69) is 15.5 Å². The van der Waals surface area contributed by atoms with E-state index in [1.807, 2.05) is 0 Å². The van der Waals surface area contributed by atoms with Crippen LogP contribution in [0.2, 0.25) is 0 Å². The molecule has 0 aliphatic carbocycles. The minimum atomic E-state index is -1.11. The Hall–Kier alpha value is -3.90. The van der Waals surface area contributed by atoms with E-state index < -0.39 is 24.0 Å². The van der Waals surface area contributed by atoms with Crippen molar-refractivity contribution in [1.82, 2.24) is 29.4 Å². The van der Waals surface area contributed by atoms with Gasteiger partial charge in [-0.1, -0.05) is 0 Å². The van der Waals surface area contributed by atoms with Gasteiger partial charge in [-0.2, -0.15) is 10.2 Å². The smallest absolute Gasteiger partial charge is 0.409 e. The van der Waals surface area contributed by atoms with Gasteiger partial charge in [0, 0.05) is 38.6 Å². The number of hydrogen-bond donors (Lipinski definition) is 2. The van der Waals surface area contributed by atoms with Crippen LogP contribution < -0.4 is 5.32 Å². The summed E-state index contributed by atoms with van der Waals surface area (Å²) in [5.74, 6) is -1.81. The van der Waals surface area contributed by atoms with Crippen molar-refractivity contribution in [2.75, 3.05) is 38.1 Å². The van der Waals surface area contributed by atoms with E-state index in [9.17, 15) is 24.3 Å². The van der Waals surface area contributed by atoms with E-state index in [4.69, 9.17) is 4.74 Å². The Morgan fingerprint density at radius 3 is 2.38 bits per heavy atom. The van der Waals surface area contributed by atoms with Gasteiger partial charge in [0.05, 0.1) is 18.0 Å². The molecule has 13 nitrogen and oxygen atoms in total. The first kappa shape index (κ1) is 24.7. The van der Waals surface area contributed by atoms with Crippen molar-refractivity contribution in [1.29, 1.82) is 0 Å². The normalized spacial score (nSPS) is 15.5. The number of carbonyl (C=O) groups is 4. The number of carbonyl (C=O) groups excluding carboxylic acids is 3. The molecule has 2 N–H and O–H groups in total. The molecule has 2 aromatic rings. The fraction of sp³-hybridized carbons (Fsp3) is 0.524. The minimum Gasteiger partial charge on any atom is -0.480 e. The highest BCUT2D eigenvalue weighted by molar-refractivity contribution is 6.03. The van der Waals surface area contributed by atoms with Gasteiger partial charge in [-0.05, 0) is 33.8 Å². The molecule has 2 atom stereocenters. The number of aryl methyl sites for hydroxylation is 1. The van der Waals surface area contributed by atoms with Crippen molar-refractivity contribution in [2.24, 2.45) is 0 Å². The van der Waals surface area contributed by atoms with Gasteiger partial charge in [-0.15, -0.1) is 0 Å². The zero-order valence-electron chi connectivity index (χ0n) is 19.6. The summed E-state index contributed by atoms with van der Waals surface area (Å²) in [6.07, 6.45) is 2.53. The number of anilines is 1. The van der Waals surface area contributed by atoms with Crippen molar-refractivity contribution in [3.63, 3.8) is 0 Å². The zero-order chi connectivity index (χ0) is 25.0. The third-order valence-corrected chi connectivity index (χ3v) is 5.66. The quantitative estimate of drug-likeness (QED) is 0.605. The van der Waals surface area contributed by atoms with Gasteiger partial charge in [0.25, 0.3) is 5.91 Å². The van der Waals surface area contributed by atoms with Gasteiger partial charge in [0.15, 0.2) is 0 Å². The topological polar surface area (TPSA) is 152 Å². The number of rotatable bonds is 7. The number of piperazine rings is 1. The number of nitrogens with one attached hydrogen (secondary N) is 1. The standard InChI is InChI=1S/C21H29N7O6/c1-5-34-21(33)26-10-8-25(9-11-26)19(30)14(3)27-12-16(13(2)24-27)23-18(29)17-6-7-22-28(17)15(4)20(31)32/h6-7,12,14-15H,5,8-11H2,1-4H3,(H,23,29)(H,31,32). The number of aliphatic carboxylic acids is 1. The lowest BCUT2D eigenvalue weighted by molar-refractivity contribution is -0.140. The van der Waals surface area contributed by atoms with Crippen LogP contribution in [0.3, 0.4) is 0 Å². The molecular formula is C21H29N7O6. The summed E-state index contributed by atoms with van der Waals surface area (Å²) >= 11 is 0. The summed E-state index contributed by atoms with van der Waals surface area (Å²) in [4.78, 5) is 52.1. The van der Waals surface area contributed by atoms with Gasteiger partial charge in [-0.25, -0.2) is 14.3 Å². The molecule has 34 heavy (non-hydrogen) atoms. The molecular weight excluding hydrogens is 446 g/mol. The van der Waals surface area contributed by atoms with Crippen LogP contribution in [0.15, 0.2) is 18.5 Å². The van der Waals surface area contributed by atoms with Gasteiger partial charge in [-0.3, -0.25) is 14.3 Å². The number of carboxylic acids is 1. The average Bonchev–Trinajstić information content (AvgIpc) is 3.45. The summed E-state index contributed by atoms with van der Waals surface area (Å²) in [5.41, 5.74) is 0.982. The summed E-state index contributed by atoms with van der Waals surface area (Å²) in [7, 11) is 0. The predicted molar refractivity (Wildman–Crippen MR) is 119 cm³/mol. The van der Waals surface area contributed by atoms with Crippen LogP contribution in [-0.2, 0) is 14.3 Å². The molecule has 1 saturated heterocycles. The van der Waals surface area contributed by atoms with E-state index in [0.29, 0.717) is 44.2 Å². The lowest BCUT2D eigenvalue weighted by atomic mass is 10.2. The SMILES string of the molecule is CCOC(=O)N1CCN(C(=O)C(C)n2cc(NC(=O)c3ccnn3C(C)C(=O)O)c(C)n2)CC1. The first-order chi connectivity index (χ1) is 16.1. The Kier molecular flexibility index (Phi) is 7.54. The maximum atomic E-state index is 13.0. The van der Waals surface area contributed by atoms with Gasteiger partial charge in [0.2, 0.25) is 5.91 Å². The van der Waals surface area contributed by atoms with Crippen LogP contribution in [0.5, 0.6) is 0 Å². The van der Waals surface area contributed by atoms with Crippen LogP contribution >= 0.6 is 0 Å². The Morgan fingerprint density at radius 2 is 1.76 bits per heavy atom. The molecule has 0 radical (unpaired) electrons. The predicted octanol–water partition coefficient (Wildman–Crippen LogP) is 1.15. The van der Waals surface area contributed by atoms with Crippen molar-refractivity contribution < 1.29 is 29.0 Å². The molecule has 0 aromatic carbocycles. The zero-order valence-corrected chi connectivity index (χ0v) is 19.6. The average molecular weight is 476 g/mol. The van der Waals surface area contributed by atoms with E-state index in [1.54, 1.807) is 36.8 Å². The molecule has 0 saturated carbocycles.